The fraction of sp³-hybridized carbons (Fsp3) is 0.533. The summed E-state index contributed by atoms with van der Waals surface area (Å²) in [6, 6.07) is 4.34. The van der Waals surface area contributed by atoms with Crippen molar-refractivity contribution in [2.75, 3.05) is 11.9 Å². The second kappa shape index (κ2) is 7.61. The first-order chi connectivity index (χ1) is 9.90. The van der Waals surface area contributed by atoms with Gasteiger partial charge in [-0.2, -0.15) is 0 Å². The van der Waals surface area contributed by atoms with Crippen LogP contribution in [0.2, 0.25) is 0 Å². The Morgan fingerprint density at radius 3 is 2.48 bits per heavy atom. The molecule has 1 aromatic rings. The van der Waals surface area contributed by atoms with Crippen LogP contribution in [-0.2, 0) is 0 Å². The lowest BCUT2D eigenvalue weighted by atomic mass is 10.0. The molecule has 0 bridgehead atoms. The fourth-order valence-electron chi connectivity index (χ4n) is 2.16. The molecule has 1 atom stereocenters. The van der Waals surface area contributed by atoms with Crippen molar-refractivity contribution in [2.24, 2.45) is 5.92 Å². The number of nitrogens with one attached hydrogen (secondary N) is 2. The van der Waals surface area contributed by atoms with E-state index in [9.17, 15) is 14.9 Å². The van der Waals surface area contributed by atoms with Gasteiger partial charge in [-0.15, -0.1) is 0 Å². The first-order valence-electron chi connectivity index (χ1n) is 7.23. The van der Waals surface area contributed by atoms with Gasteiger partial charge in [-0.25, -0.2) is 0 Å². The molecule has 0 aliphatic rings. The van der Waals surface area contributed by atoms with Crippen LogP contribution in [0.15, 0.2) is 18.2 Å². The van der Waals surface area contributed by atoms with Gasteiger partial charge in [0.1, 0.15) is 0 Å². The van der Waals surface area contributed by atoms with Crippen molar-refractivity contribution in [1.29, 1.82) is 0 Å². The number of non-ortho nitro benzene ring substituents is 1. The van der Waals surface area contributed by atoms with Crippen molar-refractivity contribution in [2.45, 2.75) is 40.2 Å². The maximum atomic E-state index is 12.4. The monoisotopic (exact) mass is 293 g/mol. The second-order valence-electron chi connectivity index (χ2n) is 5.25. The van der Waals surface area contributed by atoms with E-state index in [1.807, 2.05) is 27.7 Å². The van der Waals surface area contributed by atoms with Crippen LogP contribution in [0, 0.1) is 16.0 Å². The minimum Gasteiger partial charge on any atom is -0.385 e. The van der Waals surface area contributed by atoms with Crippen LogP contribution < -0.4 is 10.6 Å². The standard InChI is InChI=1S/C15H23N3O3/c1-5-13(10(3)4)17-15(19)12-9-11(18(20)21)7-8-14(12)16-6-2/h7-10,13,16H,5-6H2,1-4H3,(H,17,19). The fourth-order valence-corrected chi connectivity index (χ4v) is 2.16. The van der Waals surface area contributed by atoms with E-state index in [1.54, 1.807) is 6.07 Å². The number of hydrogen-bond donors (Lipinski definition) is 2. The number of benzene rings is 1. The Hall–Kier alpha value is -2.11. The molecule has 0 aromatic heterocycles. The molecular weight excluding hydrogens is 270 g/mol. The minimum absolute atomic E-state index is 0.0474. The Morgan fingerprint density at radius 1 is 1.33 bits per heavy atom. The molecule has 1 aromatic carbocycles. The van der Waals surface area contributed by atoms with E-state index in [0.29, 0.717) is 23.7 Å². The summed E-state index contributed by atoms with van der Waals surface area (Å²) in [6.07, 6.45) is 0.814. The number of carbonyl (C=O) groups excluding carboxylic acids is 1. The summed E-state index contributed by atoms with van der Waals surface area (Å²) >= 11 is 0. The maximum absolute atomic E-state index is 12.4. The lowest BCUT2D eigenvalue weighted by molar-refractivity contribution is -0.384. The SMILES string of the molecule is CCNc1ccc([N+](=O)[O-])cc1C(=O)NC(CC)C(C)C. The number of nitro groups is 1. The molecule has 0 saturated carbocycles. The topological polar surface area (TPSA) is 84.3 Å². The number of hydrogen-bond acceptors (Lipinski definition) is 4. The molecule has 1 unspecified atom stereocenters. The second-order valence-corrected chi connectivity index (χ2v) is 5.25. The Labute approximate surface area is 125 Å². The highest BCUT2D eigenvalue weighted by Crippen LogP contribution is 2.22. The molecular formula is C15H23N3O3. The molecule has 0 heterocycles. The third-order valence-corrected chi connectivity index (χ3v) is 3.39. The maximum Gasteiger partial charge on any atom is 0.270 e. The van der Waals surface area contributed by atoms with Crippen molar-refractivity contribution in [3.05, 3.63) is 33.9 Å². The van der Waals surface area contributed by atoms with E-state index in [1.165, 1.54) is 12.1 Å². The number of rotatable bonds is 7. The van der Waals surface area contributed by atoms with E-state index < -0.39 is 4.92 Å². The highest BCUT2D eigenvalue weighted by atomic mass is 16.6. The zero-order valence-corrected chi connectivity index (χ0v) is 13.0. The lowest BCUT2D eigenvalue weighted by Crippen LogP contribution is -2.38. The van der Waals surface area contributed by atoms with Gasteiger partial charge in [0.05, 0.1) is 10.5 Å². The number of anilines is 1. The van der Waals surface area contributed by atoms with E-state index in [0.717, 1.165) is 6.42 Å². The van der Waals surface area contributed by atoms with E-state index in [2.05, 4.69) is 10.6 Å². The molecule has 0 spiro atoms. The highest BCUT2D eigenvalue weighted by molar-refractivity contribution is 6.00. The summed E-state index contributed by atoms with van der Waals surface area (Å²) in [6.45, 7) is 8.62. The van der Waals surface area contributed by atoms with Crippen molar-refractivity contribution in [3.63, 3.8) is 0 Å². The summed E-state index contributed by atoms with van der Waals surface area (Å²) in [7, 11) is 0. The van der Waals surface area contributed by atoms with E-state index >= 15 is 0 Å². The molecule has 116 valence electrons. The number of nitrogens with zero attached hydrogens (tertiary/aromatic N) is 1. The molecule has 2 N–H and O–H groups in total. The van der Waals surface area contributed by atoms with Crippen molar-refractivity contribution >= 4 is 17.3 Å². The molecule has 0 radical (unpaired) electrons. The molecule has 0 saturated heterocycles. The van der Waals surface area contributed by atoms with Crippen LogP contribution in [0.25, 0.3) is 0 Å². The highest BCUT2D eigenvalue weighted by Gasteiger charge is 2.20. The quantitative estimate of drug-likeness (QED) is 0.597. The van der Waals surface area contributed by atoms with Gasteiger partial charge in [-0.3, -0.25) is 14.9 Å². The molecule has 0 aliphatic heterocycles. The van der Waals surface area contributed by atoms with Crippen molar-refractivity contribution in [1.82, 2.24) is 5.32 Å². The third kappa shape index (κ3) is 4.44. The molecule has 1 rings (SSSR count). The predicted octanol–water partition coefficient (Wildman–Crippen LogP) is 3.19. The first kappa shape index (κ1) is 16.9. The summed E-state index contributed by atoms with van der Waals surface area (Å²) in [4.78, 5) is 22.8. The van der Waals surface area contributed by atoms with Gasteiger partial charge in [0, 0.05) is 30.4 Å². The molecule has 0 aliphatic carbocycles. The minimum atomic E-state index is -0.494. The van der Waals surface area contributed by atoms with Gasteiger partial charge in [0.25, 0.3) is 11.6 Å². The lowest BCUT2D eigenvalue weighted by Gasteiger charge is -2.21. The molecule has 1 amide bonds. The van der Waals surface area contributed by atoms with Gasteiger partial charge in [0.2, 0.25) is 0 Å². The predicted molar refractivity (Wildman–Crippen MR) is 83.6 cm³/mol. The van der Waals surface area contributed by atoms with Gasteiger partial charge in [-0.1, -0.05) is 20.8 Å². The normalized spacial score (nSPS) is 12.0. The zero-order chi connectivity index (χ0) is 16.0. The van der Waals surface area contributed by atoms with Crippen LogP contribution in [0.4, 0.5) is 11.4 Å². The number of amides is 1. The van der Waals surface area contributed by atoms with Crippen molar-refractivity contribution < 1.29 is 9.72 Å². The third-order valence-electron chi connectivity index (χ3n) is 3.39. The summed E-state index contributed by atoms with van der Waals surface area (Å²) in [5.41, 5.74) is 0.837. The van der Waals surface area contributed by atoms with Crippen LogP contribution >= 0.6 is 0 Å². The molecule has 21 heavy (non-hydrogen) atoms. The summed E-state index contributed by atoms with van der Waals surface area (Å²) in [5, 5.41) is 16.9. The molecule has 0 fully saturated rings. The van der Waals surface area contributed by atoms with Crippen LogP contribution in [0.1, 0.15) is 44.5 Å². The summed E-state index contributed by atoms with van der Waals surface area (Å²) < 4.78 is 0. The number of nitro benzene ring substituents is 1. The summed E-state index contributed by atoms with van der Waals surface area (Å²) in [5.74, 6) is 0.0235. The molecule has 6 heteroatoms. The van der Waals surface area contributed by atoms with Gasteiger partial charge in [0.15, 0.2) is 0 Å². The Kier molecular flexibility index (Phi) is 6.14. The van der Waals surface area contributed by atoms with Crippen LogP contribution in [-0.4, -0.2) is 23.4 Å². The average Bonchev–Trinajstić information content (AvgIpc) is 2.44. The average molecular weight is 293 g/mol. The zero-order valence-electron chi connectivity index (χ0n) is 13.0. The van der Waals surface area contributed by atoms with Gasteiger partial charge >= 0.3 is 0 Å². The Bertz CT molecular complexity index is 515. The molecule has 6 nitrogen and oxygen atoms in total. The van der Waals surface area contributed by atoms with E-state index in [4.69, 9.17) is 0 Å². The Morgan fingerprint density at radius 2 is 2.00 bits per heavy atom. The van der Waals surface area contributed by atoms with Crippen molar-refractivity contribution in [3.8, 4) is 0 Å². The largest absolute Gasteiger partial charge is 0.385 e. The first-order valence-corrected chi connectivity index (χ1v) is 7.23. The number of carbonyl (C=O) groups is 1. The Balaban J connectivity index is 3.09. The van der Waals surface area contributed by atoms with E-state index in [-0.39, 0.29) is 17.6 Å². The van der Waals surface area contributed by atoms with Gasteiger partial charge in [-0.05, 0) is 25.3 Å². The smallest absolute Gasteiger partial charge is 0.270 e. The van der Waals surface area contributed by atoms with Gasteiger partial charge < -0.3 is 10.6 Å². The van der Waals surface area contributed by atoms with Crippen LogP contribution in [0.3, 0.4) is 0 Å². The van der Waals surface area contributed by atoms with Crippen LogP contribution in [0.5, 0.6) is 0 Å².